The molecule has 10 nitrogen and oxygen atoms in total. The van der Waals surface area contributed by atoms with Crippen LogP contribution in [0.1, 0.15) is 0 Å². The van der Waals surface area contributed by atoms with Gasteiger partial charge in [0.05, 0.1) is 5.70 Å². The summed E-state index contributed by atoms with van der Waals surface area (Å²) < 4.78 is 2.36. The van der Waals surface area contributed by atoms with Crippen molar-refractivity contribution in [2.45, 2.75) is 5.54 Å². The molecule has 2 N–H and O–H groups in total. The Morgan fingerprint density at radius 1 is 1.14 bits per heavy atom. The predicted octanol–water partition coefficient (Wildman–Crippen LogP) is -0.539. The van der Waals surface area contributed by atoms with Gasteiger partial charge in [0.25, 0.3) is 0 Å². The summed E-state index contributed by atoms with van der Waals surface area (Å²) in [5.74, 6) is -4.05. The molecule has 0 amide bonds. The molecule has 10 heteroatoms. The van der Waals surface area contributed by atoms with E-state index < -0.39 is 23.4 Å². The third kappa shape index (κ3) is 1.89. The molecular formula is C12H10N6O4. The first-order valence-corrected chi connectivity index (χ1v) is 6.13. The summed E-state index contributed by atoms with van der Waals surface area (Å²) in [4.78, 5) is 30.9. The van der Waals surface area contributed by atoms with Gasteiger partial charge in [-0.15, -0.1) is 0 Å². The van der Waals surface area contributed by atoms with E-state index in [1.165, 1.54) is 41.9 Å². The van der Waals surface area contributed by atoms with E-state index >= 15 is 0 Å². The molecule has 1 aliphatic carbocycles. The number of hydrogen-bond donors (Lipinski definition) is 2. The highest BCUT2D eigenvalue weighted by molar-refractivity contribution is 5.91. The van der Waals surface area contributed by atoms with Crippen LogP contribution in [0.4, 0.5) is 0 Å². The predicted molar refractivity (Wildman–Crippen MR) is 70.2 cm³/mol. The van der Waals surface area contributed by atoms with Crippen molar-refractivity contribution < 1.29 is 19.8 Å². The van der Waals surface area contributed by atoms with Gasteiger partial charge in [-0.25, -0.2) is 24.1 Å². The van der Waals surface area contributed by atoms with E-state index in [0.717, 1.165) is 11.0 Å². The first-order valence-electron chi connectivity index (χ1n) is 6.13. The third-order valence-electron chi connectivity index (χ3n) is 3.41. The highest BCUT2D eigenvalue weighted by Crippen LogP contribution is 2.35. The van der Waals surface area contributed by atoms with Crippen LogP contribution in [-0.2, 0) is 15.1 Å². The summed E-state index contributed by atoms with van der Waals surface area (Å²) in [6.45, 7) is 0. The van der Waals surface area contributed by atoms with Crippen LogP contribution in [0.3, 0.4) is 0 Å². The molecule has 2 unspecified atom stereocenters. The Bertz CT molecular complexity index is 764. The molecule has 0 saturated carbocycles. The van der Waals surface area contributed by atoms with Crippen molar-refractivity contribution in [2.24, 2.45) is 5.92 Å². The summed E-state index contributed by atoms with van der Waals surface area (Å²) >= 11 is 0. The molecule has 2 aromatic heterocycles. The monoisotopic (exact) mass is 302 g/mol. The van der Waals surface area contributed by atoms with Crippen molar-refractivity contribution in [3.63, 3.8) is 0 Å². The van der Waals surface area contributed by atoms with E-state index in [4.69, 9.17) is 0 Å². The van der Waals surface area contributed by atoms with Crippen LogP contribution >= 0.6 is 0 Å². The molecule has 1 aliphatic rings. The Morgan fingerprint density at radius 2 is 1.86 bits per heavy atom. The summed E-state index contributed by atoms with van der Waals surface area (Å²) in [7, 11) is 0. The molecule has 0 aliphatic heterocycles. The molecule has 0 fully saturated rings. The van der Waals surface area contributed by atoms with Gasteiger partial charge in [-0.05, 0) is 18.2 Å². The minimum Gasteiger partial charge on any atom is -0.481 e. The van der Waals surface area contributed by atoms with E-state index in [9.17, 15) is 19.8 Å². The number of aromatic nitrogens is 6. The van der Waals surface area contributed by atoms with Crippen molar-refractivity contribution >= 4 is 17.6 Å². The second-order valence-electron chi connectivity index (χ2n) is 4.55. The SMILES string of the molecule is O=C(O)C1C=C(n2cncn2)C=CC1(C(=O)O)n1cncn1. The molecule has 22 heavy (non-hydrogen) atoms. The minimum atomic E-state index is -1.90. The number of carbonyl (C=O) groups is 2. The molecule has 112 valence electrons. The smallest absolute Gasteiger partial charge is 0.337 e. The van der Waals surface area contributed by atoms with Crippen molar-refractivity contribution in [2.75, 3.05) is 0 Å². The van der Waals surface area contributed by atoms with Gasteiger partial charge < -0.3 is 10.2 Å². The summed E-state index contributed by atoms with van der Waals surface area (Å²) in [6.07, 6.45) is 9.02. The van der Waals surface area contributed by atoms with E-state index in [0.29, 0.717) is 5.70 Å². The molecule has 0 radical (unpaired) electrons. The average molecular weight is 302 g/mol. The molecule has 0 spiro atoms. The number of carboxylic acid groups (broad SMARTS) is 2. The number of nitrogens with zero attached hydrogens (tertiary/aromatic N) is 6. The fourth-order valence-electron chi connectivity index (χ4n) is 2.34. The lowest BCUT2D eigenvalue weighted by Gasteiger charge is -2.32. The lowest BCUT2D eigenvalue weighted by Crippen LogP contribution is -2.50. The molecule has 0 bridgehead atoms. The van der Waals surface area contributed by atoms with Crippen LogP contribution in [0.5, 0.6) is 0 Å². The Balaban J connectivity index is 2.15. The Kier molecular flexibility index (Phi) is 3.05. The zero-order valence-electron chi connectivity index (χ0n) is 11.0. The van der Waals surface area contributed by atoms with E-state index in [2.05, 4.69) is 20.2 Å². The molecule has 2 aromatic rings. The first-order chi connectivity index (χ1) is 10.6. The maximum absolute atomic E-state index is 11.8. The standard InChI is InChI=1S/C12H10N6O4/c19-10(20)9-3-8(17-6-13-4-15-17)1-2-12(9,11(21)22)18-7-14-5-16-18/h1-7,9H,(H,19,20)(H,21,22). The quantitative estimate of drug-likeness (QED) is 0.768. The number of carboxylic acids is 2. The van der Waals surface area contributed by atoms with E-state index in [1.807, 2.05) is 0 Å². The van der Waals surface area contributed by atoms with Gasteiger partial charge in [-0.1, -0.05) is 0 Å². The summed E-state index contributed by atoms with van der Waals surface area (Å²) in [5.41, 5.74) is -1.49. The fraction of sp³-hybridized carbons (Fsp3) is 0.167. The van der Waals surface area contributed by atoms with E-state index in [-0.39, 0.29) is 0 Å². The normalized spacial score (nSPS) is 24.0. The van der Waals surface area contributed by atoms with Crippen LogP contribution in [0, 0.1) is 5.92 Å². The second-order valence-corrected chi connectivity index (χ2v) is 4.55. The van der Waals surface area contributed by atoms with Gasteiger partial charge in [-0.2, -0.15) is 10.2 Å². The topological polar surface area (TPSA) is 136 Å². The second kappa shape index (κ2) is 4.91. The van der Waals surface area contributed by atoms with Gasteiger partial charge >= 0.3 is 11.9 Å². The van der Waals surface area contributed by atoms with Gasteiger partial charge in [-0.3, -0.25) is 4.79 Å². The van der Waals surface area contributed by atoms with E-state index in [1.54, 1.807) is 0 Å². The highest BCUT2D eigenvalue weighted by atomic mass is 16.4. The number of hydrogen-bond acceptors (Lipinski definition) is 6. The van der Waals surface area contributed by atoms with Gasteiger partial charge in [0.15, 0.2) is 5.54 Å². The zero-order chi connectivity index (χ0) is 15.7. The molecular weight excluding hydrogens is 292 g/mol. The maximum atomic E-state index is 11.8. The fourth-order valence-corrected chi connectivity index (χ4v) is 2.34. The van der Waals surface area contributed by atoms with Crippen LogP contribution in [-0.4, -0.2) is 51.7 Å². The summed E-state index contributed by atoms with van der Waals surface area (Å²) in [5, 5.41) is 26.8. The van der Waals surface area contributed by atoms with Crippen molar-refractivity contribution in [3.05, 3.63) is 43.5 Å². The molecule has 0 saturated heterocycles. The van der Waals surface area contributed by atoms with Crippen LogP contribution < -0.4 is 0 Å². The molecule has 2 atom stereocenters. The first kappa shape index (κ1) is 13.7. The summed E-state index contributed by atoms with van der Waals surface area (Å²) in [6, 6.07) is 0. The molecule has 2 heterocycles. The lowest BCUT2D eigenvalue weighted by atomic mass is 9.79. The highest BCUT2D eigenvalue weighted by Gasteiger charge is 2.51. The van der Waals surface area contributed by atoms with Gasteiger partial charge in [0, 0.05) is 0 Å². The largest absolute Gasteiger partial charge is 0.481 e. The van der Waals surface area contributed by atoms with Crippen LogP contribution in [0.15, 0.2) is 43.5 Å². The minimum absolute atomic E-state index is 0.405. The van der Waals surface area contributed by atoms with Crippen LogP contribution in [0.2, 0.25) is 0 Å². The van der Waals surface area contributed by atoms with Crippen molar-refractivity contribution in [3.8, 4) is 0 Å². The zero-order valence-corrected chi connectivity index (χ0v) is 11.0. The Labute approximate surface area is 123 Å². The molecule has 3 rings (SSSR count). The lowest BCUT2D eigenvalue weighted by molar-refractivity contribution is -0.156. The third-order valence-corrected chi connectivity index (χ3v) is 3.41. The van der Waals surface area contributed by atoms with Gasteiger partial charge in [0.2, 0.25) is 0 Å². The average Bonchev–Trinajstić information content (AvgIpc) is 3.19. The maximum Gasteiger partial charge on any atom is 0.337 e. The number of aliphatic carboxylic acids is 2. The number of allylic oxidation sites excluding steroid dienone is 2. The Morgan fingerprint density at radius 3 is 2.41 bits per heavy atom. The number of rotatable bonds is 4. The van der Waals surface area contributed by atoms with Gasteiger partial charge in [0.1, 0.15) is 31.2 Å². The van der Waals surface area contributed by atoms with Crippen molar-refractivity contribution in [1.82, 2.24) is 29.5 Å². The Hall–Kier alpha value is -3.30. The molecule has 0 aromatic carbocycles. The van der Waals surface area contributed by atoms with Crippen LogP contribution in [0.25, 0.3) is 5.70 Å². The van der Waals surface area contributed by atoms with Crippen molar-refractivity contribution in [1.29, 1.82) is 0 Å².